The van der Waals surface area contributed by atoms with Crippen LogP contribution in [0.5, 0.6) is 0 Å². The van der Waals surface area contributed by atoms with Gasteiger partial charge in [-0.3, -0.25) is 9.48 Å². The highest BCUT2D eigenvalue weighted by Gasteiger charge is 2.30. The summed E-state index contributed by atoms with van der Waals surface area (Å²) in [7, 11) is 1.89. The number of nitrogens with zero attached hydrogens (tertiary/aromatic N) is 3. The lowest BCUT2D eigenvalue weighted by molar-refractivity contribution is -0.133. The minimum atomic E-state index is -0.413. The molecule has 0 bridgehead atoms. The summed E-state index contributed by atoms with van der Waals surface area (Å²) in [5, 5.41) is 7.25. The Hall–Kier alpha value is -2.05. The lowest BCUT2D eigenvalue weighted by Gasteiger charge is -2.34. The van der Waals surface area contributed by atoms with Gasteiger partial charge in [-0.25, -0.2) is 4.79 Å². The van der Waals surface area contributed by atoms with E-state index in [1.54, 1.807) is 6.92 Å². The van der Waals surface area contributed by atoms with Crippen molar-refractivity contribution in [2.45, 2.75) is 52.5 Å². The fraction of sp³-hybridized carbons (Fsp3) is 0.706. The molecule has 2 heterocycles. The molecular weight excluding hydrogens is 308 g/mol. The number of carbonyl (C=O) groups is 2. The second-order valence-electron chi connectivity index (χ2n) is 6.42. The number of nitrogens with one attached hydrogen (secondary N) is 1. The highest BCUT2D eigenvalue weighted by atomic mass is 16.5. The maximum atomic E-state index is 12.9. The van der Waals surface area contributed by atoms with Crippen molar-refractivity contribution in [1.82, 2.24) is 20.0 Å². The number of alkyl carbamates (subject to hydrolysis) is 1. The van der Waals surface area contributed by atoms with E-state index >= 15 is 0 Å². The van der Waals surface area contributed by atoms with Crippen molar-refractivity contribution in [2.75, 3.05) is 19.7 Å². The van der Waals surface area contributed by atoms with Gasteiger partial charge in [-0.2, -0.15) is 5.10 Å². The predicted octanol–water partition coefficient (Wildman–Crippen LogP) is 1.88. The quantitative estimate of drug-likeness (QED) is 0.911. The van der Waals surface area contributed by atoms with Gasteiger partial charge in [0.25, 0.3) is 0 Å². The number of ether oxygens (including phenoxy) is 1. The zero-order valence-electron chi connectivity index (χ0n) is 15.3. The number of hydrogen-bond donors (Lipinski definition) is 1. The molecule has 0 unspecified atom stereocenters. The Balaban J connectivity index is 2.04. The van der Waals surface area contributed by atoms with Crippen LogP contribution in [0.15, 0.2) is 0 Å². The first-order valence-electron chi connectivity index (χ1n) is 8.57. The van der Waals surface area contributed by atoms with Gasteiger partial charge >= 0.3 is 6.09 Å². The second kappa shape index (κ2) is 7.68. The Morgan fingerprint density at radius 2 is 2.12 bits per heavy atom. The molecule has 1 aromatic rings. The molecule has 1 aliphatic heterocycles. The Morgan fingerprint density at radius 1 is 1.42 bits per heavy atom. The van der Waals surface area contributed by atoms with Crippen molar-refractivity contribution in [3.8, 4) is 0 Å². The van der Waals surface area contributed by atoms with Crippen molar-refractivity contribution in [1.29, 1.82) is 0 Å². The van der Waals surface area contributed by atoms with Gasteiger partial charge in [0.1, 0.15) is 0 Å². The van der Waals surface area contributed by atoms with Crippen LogP contribution in [0, 0.1) is 13.8 Å². The van der Waals surface area contributed by atoms with Gasteiger partial charge in [0, 0.05) is 37.4 Å². The second-order valence-corrected chi connectivity index (χ2v) is 6.42. The van der Waals surface area contributed by atoms with Gasteiger partial charge in [0.2, 0.25) is 5.91 Å². The maximum Gasteiger partial charge on any atom is 0.407 e. The number of rotatable bonds is 4. The summed E-state index contributed by atoms with van der Waals surface area (Å²) in [4.78, 5) is 26.3. The summed E-state index contributed by atoms with van der Waals surface area (Å²) in [6.45, 7) is 9.23. The molecule has 7 nitrogen and oxygen atoms in total. The van der Waals surface area contributed by atoms with E-state index in [2.05, 4.69) is 10.4 Å². The Labute approximate surface area is 143 Å². The van der Waals surface area contributed by atoms with Crippen LogP contribution in [0.2, 0.25) is 0 Å². The van der Waals surface area contributed by atoms with E-state index < -0.39 is 6.09 Å². The van der Waals surface area contributed by atoms with Crippen LogP contribution in [-0.4, -0.2) is 52.4 Å². The third-order valence-corrected chi connectivity index (χ3v) is 4.70. The molecule has 24 heavy (non-hydrogen) atoms. The summed E-state index contributed by atoms with van der Waals surface area (Å²) in [5.41, 5.74) is 2.92. The lowest BCUT2D eigenvalue weighted by Crippen LogP contribution is -2.50. The topological polar surface area (TPSA) is 76.5 Å². The fourth-order valence-electron chi connectivity index (χ4n) is 3.45. The molecule has 0 radical (unpaired) electrons. The predicted molar refractivity (Wildman–Crippen MR) is 90.9 cm³/mol. The van der Waals surface area contributed by atoms with Gasteiger partial charge in [0.15, 0.2) is 0 Å². The average Bonchev–Trinajstić information content (AvgIpc) is 2.79. The third kappa shape index (κ3) is 3.88. The van der Waals surface area contributed by atoms with E-state index in [1.807, 2.05) is 37.4 Å². The van der Waals surface area contributed by atoms with Crippen molar-refractivity contribution in [3.05, 3.63) is 17.0 Å². The molecule has 134 valence electrons. The molecular formula is C17H28N4O3. The molecule has 1 fully saturated rings. The fourth-order valence-corrected chi connectivity index (χ4v) is 3.45. The molecule has 1 saturated heterocycles. The maximum absolute atomic E-state index is 12.9. The summed E-state index contributed by atoms with van der Waals surface area (Å²) < 4.78 is 6.74. The molecule has 1 aliphatic rings. The van der Waals surface area contributed by atoms with Crippen LogP contribution >= 0.6 is 0 Å². The van der Waals surface area contributed by atoms with Crippen LogP contribution in [-0.2, 0) is 16.6 Å². The SMILES string of the molecule is CCOC(=O)N[C@@H]1CCCN(C(=O)[C@H](C)c2c(C)nn(C)c2C)C1. The molecule has 2 amide bonds. The number of amides is 2. The molecule has 0 spiro atoms. The monoisotopic (exact) mass is 336 g/mol. The Bertz CT molecular complexity index is 611. The van der Waals surface area contributed by atoms with Crippen molar-refractivity contribution in [2.24, 2.45) is 7.05 Å². The normalized spacial score (nSPS) is 19.0. The van der Waals surface area contributed by atoms with Gasteiger partial charge in [-0.1, -0.05) is 0 Å². The minimum Gasteiger partial charge on any atom is -0.450 e. The highest BCUT2D eigenvalue weighted by Crippen LogP contribution is 2.26. The van der Waals surface area contributed by atoms with Crippen LogP contribution in [0.4, 0.5) is 4.79 Å². The van der Waals surface area contributed by atoms with Gasteiger partial charge in [-0.05, 0) is 40.5 Å². The van der Waals surface area contributed by atoms with Crippen molar-refractivity contribution < 1.29 is 14.3 Å². The number of carbonyl (C=O) groups excluding carboxylic acids is 2. The van der Waals surface area contributed by atoms with Gasteiger partial charge in [-0.15, -0.1) is 0 Å². The molecule has 0 aliphatic carbocycles. The van der Waals surface area contributed by atoms with Crippen LogP contribution in [0.25, 0.3) is 0 Å². The van der Waals surface area contributed by atoms with E-state index in [1.165, 1.54) is 0 Å². The molecule has 0 aromatic carbocycles. The van der Waals surface area contributed by atoms with E-state index in [4.69, 9.17) is 4.74 Å². The zero-order chi connectivity index (χ0) is 17.9. The van der Waals surface area contributed by atoms with Crippen LogP contribution < -0.4 is 5.32 Å². The highest BCUT2D eigenvalue weighted by molar-refractivity contribution is 5.84. The first-order chi connectivity index (χ1) is 11.3. The van der Waals surface area contributed by atoms with E-state index in [-0.39, 0.29) is 17.9 Å². The molecule has 1 aromatic heterocycles. The van der Waals surface area contributed by atoms with Crippen LogP contribution in [0.3, 0.4) is 0 Å². The number of likely N-dealkylation sites (tertiary alicyclic amines) is 1. The number of aromatic nitrogens is 2. The standard InChI is InChI=1S/C17H28N4O3/c1-6-24-17(23)18-14-8-7-9-21(10-14)16(22)11(2)15-12(3)19-20(5)13(15)4/h11,14H,6-10H2,1-5H3,(H,18,23)/t11-,14-/m1/s1. The minimum absolute atomic E-state index is 0.0509. The zero-order valence-corrected chi connectivity index (χ0v) is 15.3. The van der Waals surface area contributed by atoms with E-state index in [9.17, 15) is 9.59 Å². The number of piperidine rings is 1. The summed E-state index contributed by atoms with van der Waals surface area (Å²) in [6, 6.07) is -0.0509. The Kier molecular flexibility index (Phi) is 5.85. The summed E-state index contributed by atoms with van der Waals surface area (Å²) in [6.07, 6.45) is 1.33. The van der Waals surface area contributed by atoms with Crippen molar-refractivity contribution >= 4 is 12.0 Å². The number of aryl methyl sites for hydroxylation is 2. The lowest BCUT2D eigenvalue weighted by atomic mass is 9.96. The van der Waals surface area contributed by atoms with E-state index in [0.717, 1.165) is 36.3 Å². The van der Waals surface area contributed by atoms with E-state index in [0.29, 0.717) is 13.2 Å². The Morgan fingerprint density at radius 3 is 2.71 bits per heavy atom. The smallest absolute Gasteiger partial charge is 0.407 e. The van der Waals surface area contributed by atoms with Gasteiger partial charge < -0.3 is 15.0 Å². The first kappa shape index (κ1) is 18.3. The average molecular weight is 336 g/mol. The van der Waals surface area contributed by atoms with Crippen molar-refractivity contribution in [3.63, 3.8) is 0 Å². The molecule has 1 N–H and O–H groups in total. The van der Waals surface area contributed by atoms with Gasteiger partial charge in [0.05, 0.1) is 18.2 Å². The number of hydrogen-bond acceptors (Lipinski definition) is 4. The van der Waals surface area contributed by atoms with Crippen LogP contribution in [0.1, 0.15) is 49.6 Å². The molecule has 2 atom stereocenters. The molecule has 0 saturated carbocycles. The largest absolute Gasteiger partial charge is 0.450 e. The first-order valence-corrected chi connectivity index (χ1v) is 8.57. The third-order valence-electron chi connectivity index (χ3n) is 4.70. The summed E-state index contributed by atoms with van der Waals surface area (Å²) >= 11 is 0. The summed E-state index contributed by atoms with van der Waals surface area (Å²) in [5.74, 6) is -0.149. The molecule has 7 heteroatoms. The molecule has 2 rings (SSSR count).